The first-order valence-corrected chi connectivity index (χ1v) is 7.86. The molecule has 1 unspecified atom stereocenters. The number of hydrogen-bond donors (Lipinski definition) is 1. The molecule has 0 radical (unpaired) electrons. The lowest BCUT2D eigenvalue weighted by Crippen LogP contribution is -2.34. The number of nitrogens with one attached hydrogen (secondary N) is 1. The van der Waals surface area contributed by atoms with Gasteiger partial charge in [0.1, 0.15) is 5.82 Å². The van der Waals surface area contributed by atoms with Crippen molar-refractivity contribution in [1.29, 1.82) is 0 Å². The maximum absolute atomic E-state index is 6.23. The predicted molar refractivity (Wildman–Crippen MR) is 87.8 cm³/mol. The van der Waals surface area contributed by atoms with Gasteiger partial charge >= 0.3 is 0 Å². The van der Waals surface area contributed by atoms with E-state index in [9.17, 15) is 0 Å². The predicted octanol–water partition coefficient (Wildman–Crippen LogP) is 4.86. The van der Waals surface area contributed by atoms with Crippen LogP contribution >= 0.6 is 22.9 Å². The summed E-state index contributed by atoms with van der Waals surface area (Å²) in [6.45, 7) is 2.10. The molecule has 0 bridgehead atoms. The van der Waals surface area contributed by atoms with Gasteiger partial charge in [0, 0.05) is 22.2 Å². The summed E-state index contributed by atoms with van der Waals surface area (Å²) in [6, 6.07) is 14.4. The van der Waals surface area contributed by atoms with Crippen molar-refractivity contribution >= 4 is 38.8 Å². The van der Waals surface area contributed by atoms with Crippen LogP contribution in [0.4, 0.5) is 5.82 Å². The second-order valence-corrected chi connectivity index (χ2v) is 6.16. The van der Waals surface area contributed by atoms with Crippen molar-refractivity contribution < 1.29 is 0 Å². The van der Waals surface area contributed by atoms with Gasteiger partial charge in [-0.3, -0.25) is 0 Å². The van der Waals surface area contributed by atoms with E-state index < -0.39 is 0 Å². The first-order chi connectivity index (χ1) is 9.73. The number of halogens is 1. The van der Waals surface area contributed by atoms with Gasteiger partial charge in [-0.2, -0.15) is 0 Å². The lowest BCUT2D eigenvalue weighted by molar-refractivity contribution is 0.615. The Morgan fingerprint density at radius 2 is 2.00 bits per heavy atom. The van der Waals surface area contributed by atoms with Gasteiger partial charge in [0.15, 0.2) is 0 Å². The summed E-state index contributed by atoms with van der Waals surface area (Å²) in [7, 11) is 0. The number of pyridine rings is 1. The van der Waals surface area contributed by atoms with Crippen molar-refractivity contribution in [3.8, 4) is 0 Å². The molecule has 0 spiro atoms. The minimum atomic E-state index is -0.341. The largest absolute Gasteiger partial charge is 0.359 e. The van der Waals surface area contributed by atoms with Crippen LogP contribution in [-0.4, -0.2) is 10.9 Å². The van der Waals surface area contributed by atoms with E-state index in [0.29, 0.717) is 5.88 Å². The third-order valence-electron chi connectivity index (χ3n) is 3.45. The first-order valence-electron chi connectivity index (χ1n) is 6.45. The second-order valence-electron chi connectivity index (χ2n) is 4.95. The van der Waals surface area contributed by atoms with Gasteiger partial charge in [-0.15, -0.1) is 22.9 Å². The number of hydrogen-bond acceptors (Lipinski definition) is 3. The number of aromatic nitrogens is 1. The van der Waals surface area contributed by atoms with Crippen molar-refractivity contribution in [3.05, 3.63) is 59.6 Å². The number of fused-ring (bicyclic) bond motifs is 1. The number of thiophene rings is 1. The van der Waals surface area contributed by atoms with E-state index in [1.54, 1.807) is 11.3 Å². The van der Waals surface area contributed by atoms with Gasteiger partial charge in [-0.1, -0.05) is 30.3 Å². The lowest BCUT2D eigenvalue weighted by atomic mass is 9.94. The highest BCUT2D eigenvalue weighted by Gasteiger charge is 2.26. The maximum atomic E-state index is 6.23. The van der Waals surface area contributed by atoms with Crippen LogP contribution in [0.15, 0.2) is 54.0 Å². The average Bonchev–Trinajstić information content (AvgIpc) is 2.98. The highest BCUT2D eigenvalue weighted by atomic mass is 35.5. The van der Waals surface area contributed by atoms with E-state index in [4.69, 9.17) is 11.6 Å². The third-order valence-corrected chi connectivity index (χ3v) is 4.87. The second kappa shape index (κ2) is 5.43. The fraction of sp³-hybridized carbons (Fsp3) is 0.188. The number of anilines is 1. The summed E-state index contributed by atoms with van der Waals surface area (Å²) in [5.41, 5.74) is 0.815. The maximum Gasteiger partial charge on any atom is 0.135 e. The highest BCUT2D eigenvalue weighted by molar-refractivity contribution is 7.17. The van der Waals surface area contributed by atoms with E-state index in [0.717, 1.165) is 16.8 Å². The molecule has 0 saturated heterocycles. The van der Waals surface area contributed by atoms with Crippen LogP contribution in [-0.2, 0) is 5.54 Å². The molecule has 0 aliphatic heterocycles. The molecular formula is C16H15ClN2S. The monoisotopic (exact) mass is 302 g/mol. The lowest BCUT2D eigenvalue weighted by Gasteiger charge is -2.30. The molecule has 1 atom stereocenters. The summed E-state index contributed by atoms with van der Waals surface area (Å²) in [6.07, 6.45) is 1.83. The van der Waals surface area contributed by atoms with E-state index in [1.165, 1.54) is 4.70 Å². The Morgan fingerprint density at radius 1 is 1.20 bits per heavy atom. The van der Waals surface area contributed by atoms with Crippen LogP contribution < -0.4 is 5.32 Å². The summed E-state index contributed by atoms with van der Waals surface area (Å²) in [5, 5.41) is 6.74. The number of benzene rings is 1. The molecule has 20 heavy (non-hydrogen) atoms. The normalized spacial score (nSPS) is 14.1. The van der Waals surface area contributed by atoms with Crippen LogP contribution in [0.25, 0.3) is 10.1 Å². The molecule has 0 amide bonds. The Bertz CT molecular complexity index is 711. The van der Waals surface area contributed by atoms with Crippen molar-refractivity contribution in [2.75, 3.05) is 11.2 Å². The molecule has 3 rings (SSSR count). The molecule has 0 aliphatic rings. The van der Waals surface area contributed by atoms with Gasteiger partial charge in [0.2, 0.25) is 0 Å². The smallest absolute Gasteiger partial charge is 0.135 e. The topological polar surface area (TPSA) is 24.9 Å². The SMILES string of the molecule is CC(CCl)(Nc1nccc2sccc12)c1ccccc1. The van der Waals surface area contributed by atoms with Crippen molar-refractivity contribution in [2.45, 2.75) is 12.5 Å². The molecule has 3 aromatic rings. The van der Waals surface area contributed by atoms with Crippen LogP contribution in [0.1, 0.15) is 12.5 Å². The number of rotatable bonds is 4. The Morgan fingerprint density at radius 3 is 2.75 bits per heavy atom. The van der Waals surface area contributed by atoms with Crippen molar-refractivity contribution in [2.24, 2.45) is 0 Å². The zero-order valence-corrected chi connectivity index (χ0v) is 12.7. The van der Waals surface area contributed by atoms with Gasteiger partial charge in [0.25, 0.3) is 0 Å². The molecular weight excluding hydrogens is 288 g/mol. The number of nitrogens with zero attached hydrogens (tertiary/aromatic N) is 1. The standard InChI is InChI=1S/C16H15ClN2S/c1-16(11-17,12-5-3-2-4-6-12)19-15-13-8-10-20-14(13)7-9-18-15/h2-10H,11H2,1H3,(H,18,19). The van der Waals surface area contributed by atoms with Crippen LogP contribution in [0, 0.1) is 0 Å². The zero-order valence-electron chi connectivity index (χ0n) is 11.1. The summed E-state index contributed by atoms with van der Waals surface area (Å²) < 4.78 is 1.23. The fourth-order valence-electron chi connectivity index (χ4n) is 2.24. The van der Waals surface area contributed by atoms with Gasteiger partial charge in [-0.05, 0) is 30.0 Å². The molecule has 2 aromatic heterocycles. The Kier molecular flexibility index (Phi) is 3.64. The van der Waals surface area contributed by atoms with Crippen LogP contribution in [0.2, 0.25) is 0 Å². The minimum Gasteiger partial charge on any atom is -0.359 e. The third kappa shape index (κ3) is 2.39. The summed E-state index contributed by atoms with van der Waals surface area (Å²) >= 11 is 7.95. The Balaban J connectivity index is 2.01. The Hall–Kier alpha value is -1.58. The van der Waals surface area contributed by atoms with E-state index in [-0.39, 0.29) is 5.54 Å². The van der Waals surface area contributed by atoms with Gasteiger partial charge in [0.05, 0.1) is 5.54 Å². The molecule has 102 valence electrons. The molecule has 1 aromatic carbocycles. The molecule has 2 nitrogen and oxygen atoms in total. The molecule has 1 N–H and O–H groups in total. The van der Waals surface area contributed by atoms with Crippen LogP contribution in [0.5, 0.6) is 0 Å². The first kappa shape index (κ1) is 13.4. The van der Waals surface area contributed by atoms with E-state index >= 15 is 0 Å². The van der Waals surface area contributed by atoms with Crippen molar-refractivity contribution in [3.63, 3.8) is 0 Å². The summed E-state index contributed by atoms with van der Waals surface area (Å²) in [5.74, 6) is 1.36. The molecule has 0 aliphatic carbocycles. The van der Waals surface area contributed by atoms with Gasteiger partial charge in [-0.25, -0.2) is 4.98 Å². The zero-order chi connectivity index (χ0) is 14.0. The van der Waals surface area contributed by atoms with Gasteiger partial charge < -0.3 is 5.32 Å². The highest BCUT2D eigenvalue weighted by Crippen LogP contribution is 2.32. The molecule has 0 saturated carbocycles. The number of alkyl halides is 1. The molecule has 0 fully saturated rings. The molecule has 4 heteroatoms. The Labute approximate surface area is 127 Å². The summed E-state index contributed by atoms with van der Waals surface area (Å²) in [4.78, 5) is 4.47. The molecule has 2 heterocycles. The quantitative estimate of drug-likeness (QED) is 0.696. The minimum absolute atomic E-state index is 0.341. The van der Waals surface area contributed by atoms with Crippen molar-refractivity contribution in [1.82, 2.24) is 4.98 Å². The van der Waals surface area contributed by atoms with E-state index in [2.05, 4.69) is 40.8 Å². The average molecular weight is 303 g/mol. The fourth-order valence-corrected chi connectivity index (χ4v) is 3.25. The van der Waals surface area contributed by atoms with Crippen LogP contribution in [0.3, 0.4) is 0 Å². The van der Waals surface area contributed by atoms with E-state index in [1.807, 2.05) is 30.5 Å².